The van der Waals surface area contributed by atoms with Crippen LogP contribution in [-0.2, 0) is 0 Å². The van der Waals surface area contributed by atoms with E-state index >= 15 is 0 Å². The molecule has 0 saturated carbocycles. The second-order valence-electron chi connectivity index (χ2n) is 8.00. The van der Waals surface area contributed by atoms with Crippen molar-refractivity contribution in [3.63, 3.8) is 0 Å². The van der Waals surface area contributed by atoms with Crippen LogP contribution in [0.5, 0.6) is 0 Å². The fraction of sp³-hybridized carbons (Fsp3) is 0.579. The Morgan fingerprint density at radius 2 is 1.57 bits per heavy atom. The lowest BCUT2D eigenvalue weighted by Crippen LogP contribution is -2.29. The van der Waals surface area contributed by atoms with Crippen LogP contribution in [0, 0.1) is 10.8 Å². The highest BCUT2D eigenvalue weighted by molar-refractivity contribution is 6.12. The van der Waals surface area contributed by atoms with E-state index < -0.39 is 16.9 Å². The van der Waals surface area contributed by atoms with E-state index in [2.05, 4.69) is 5.32 Å². The molecule has 1 rings (SSSR count). The van der Waals surface area contributed by atoms with E-state index in [1.54, 1.807) is 25.2 Å². The average molecular weight is 319 g/mol. The lowest BCUT2D eigenvalue weighted by molar-refractivity contribution is 0.0818. The maximum absolute atomic E-state index is 13.0. The van der Waals surface area contributed by atoms with Gasteiger partial charge in [-0.25, -0.2) is 0 Å². The van der Waals surface area contributed by atoms with E-state index in [1.807, 2.05) is 41.5 Å². The lowest BCUT2D eigenvalue weighted by atomic mass is 9.77. The highest BCUT2D eigenvalue weighted by atomic mass is 16.3. The second-order valence-corrected chi connectivity index (χ2v) is 8.00. The van der Waals surface area contributed by atoms with Gasteiger partial charge in [0.15, 0.2) is 11.6 Å². The molecule has 0 radical (unpaired) electrons. The molecule has 1 aromatic rings. The number of ketones is 2. The first kappa shape index (κ1) is 19.5. The van der Waals surface area contributed by atoms with Crippen LogP contribution in [0.15, 0.2) is 18.2 Å². The maximum atomic E-state index is 13.0. The van der Waals surface area contributed by atoms with Crippen LogP contribution in [0.25, 0.3) is 0 Å². The smallest absolute Gasteiger partial charge is 0.169 e. The Kier molecular flexibility index (Phi) is 5.89. The molecule has 0 aromatic heterocycles. The predicted molar refractivity (Wildman–Crippen MR) is 92.9 cm³/mol. The van der Waals surface area contributed by atoms with Gasteiger partial charge in [-0.15, -0.1) is 0 Å². The number of nitrogens with one attached hydrogen (secondary N) is 1. The Balaban J connectivity index is 3.62. The first-order valence-electron chi connectivity index (χ1n) is 7.96. The number of Topliss-reactive ketones (excluding diaryl/α,β-unsaturated/α-hetero) is 2. The molecule has 128 valence electrons. The van der Waals surface area contributed by atoms with Crippen molar-refractivity contribution >= 4 is 11.6 Å². The van der Waals surface area contributed by atoms with Crippen LogP contribution in [-0.4, -0.2) is 30.3 Å². The number of hydrogen-bond acceptors (Lipinski definition) is 4. The Hall–Kier alpha value is -1.52. The Bertz CT molecular complexity index is 592. The van der Waals surface area contributed by atoms with Crippen molar-refractivity contribution in [1.82, 2.24) is 5.32 Å². The molecule has 1 aromatic carbocycles. The largest absolute Gasteiger partial charge is 0.387 e. The third-order valence-electron chi connectivity index (χ3n) is 3.69. The van der Waals surface area contributed by atoms with Crippen molar-refractivity contribution in [2.24, 2.45) is 10.8 Å². The molecule has 23 heavy (non-hydrogen) atoms. The third kappa shape index (κ3) is 4.49. The summed E-state index contributed by atoms with van der Waals surface area (Å²) in [6.45, 7) is 11.3. The minimum absolute atomic E-state index is 0.0939. The van der Waals surface area contributed by atoms with E-state index in [0.29, 0.717) is 23.2 Å². The molecule has 0 amide bonds. The molecule has 0 bridgehead atoms. The monoisotopic (exact) mass is 319 g/mol. The fourth-order valence-corrected chi connectivity index (χ4v) is 2.37. The number of benzene rings is 1. The molecule has 1 atom stereocenters. The molecule has 0 heterocycles. The van der Waals surface area contributed by atoms with Crippen LogP contribution in [0.3, 0.4) is 0 Å². The summed E-state index contributed by atoms with van der Waals surface area (Å²) in [4.78, 5) is 25.8. The fourth-order valence-electron chi connectivity index (χ4n) is 2.37. The first-order chi connectivity index (χ1) is 10.4. The zero-order valence-electron chi connectivity index (χ0n) is 15.3. The van der Waals surface area contributed by atoms with E-state index in [0.717, 1.165) is 0 Å². The molecule has 4 nitrogen and oxygen atoms in total. The van der Waals surface area contributed by atoms with Gasteiger partial charge in [-0.1, -0.05) is 59.7 Å². The standard InChI is InChI=1S/C19H29NO3/c1-18(2,3)16(22)13-10-8-9-12(14(21)11-20-7)15(13)17(23)19(4,5)6/h8-10,14,20-21H,11H2,1-7H3. The molecule has 1 unspecified atom stereocenters. The SMILES string of the molecule is CNCC(O)c1cccc(C(=O)C(C)(C)C)c1C(=O)C(C)(C)C. The van der Waals surface area contributed by atoms with Crippen molar-refractivity contribution < 1.29 is 14.7 Å². The quantitative estimate of drug-likeness (QED) is 0.816. The van der Waals surface area contributed by atoms with Gasteiger partial charge in [0.25, 0.3) is 0 Å². The average Bonchev–Trinajstić information content (AvgIpc) is 2.43. The number of rotatable bonds is 5. The second kappa shape index (κ2) is 6.93. The number of carbonyl (C=O) groups excluding carboxylic acids is 2. The molecule has 0 aliphatic carbocycles. The first-order valence-corrected chi connectivity index (χ1v) is 7.96. The summed E-state index contributed by atoms with van der Waals surface area (Å²) in [6, 6.07) is 5.13. The highest BCUT2D eigenvalue weighted by Crippen LogP contribution is 2.32. The summed E-state index contributed by atoms with van der Waals surface area (Å²) in [5.74, 6) is -0.223. The molecule has 4 heteroatoms. The Labute approximate surface area is 139 Å². The van der Waals surface area contributed by atoms with Crippen molar-refractivity contribution in [3.05, 3.63) is 34.9 Å². The highest BCUT2D eigenvalue weighted by Gasteiger charge is 2.33. The number of aliphatic hydroxyl groups excluding tert-OH is 1. The van der Waals surface area contributed by atoms with Crippen molar-refractivity contribution in [1.29, 1.82) is 0 Å². The lowest BCUT2D eigenvalue weighted by Gasteiger charge is -2.26. The number of likely N-dealkylation sites (N-methyl/N-ethyl adjacent to an activating group) is 1. The number of aliphatic hydroxyl groups is 1. The summed E-state index contributed by atoms with van der Waals surface area (Å²) in [6.07, 6.45) is -0.839. The van der Waals surface area contributed by atoms with Crippen molar-refractivity contribution in [3.8, 4) is 0 Å². The van der Waals surface area contributed by atoms with Crippen LogP contribution in [0.1, 0.15) is 73.9 Å². The zero-order chi connectivity index (χ0) is 18.0. The van der Waals surface area contributed by atoms with Gasteiger partial charge < -0.3 is 10.4 Å². The summed E-state index contributed by atoms with van der Waals surface area (Å²) >= 11 is 0. The zero-order valence-corrected chi connectivity index (χ0v) is 15.3. The maximum Gasteiger partial charge on any atom is 0.169 e. The Morgan fingerprint density at radius 3 is 2.00 bits per heavy atom. The van der Waals surface area contributed by atoms with Gasteiger partial charge in [-0.3, -0.25) is 9.59 Å². The normalized spacial score (nSPS) is 13.7. The van der Waals surface area contributed by atoms with Gasteiger partial charge in [0.1, 0.15) is 0 Å². The Morgan fingerprint density at radius 1 is 1.04 bits per heavy atom. The minimum Gasteiger partial charge on any atom is -0.387 e. The van der Waals surface area contributed by atoms with Gasteiger partial charge in [-0.2, -0.15) is 0 Å². The minimum atomic E-state index is -0.839. The molecule has 0 spiro atoms. The van der Waals surface area contributed by atoms with E-state index in [9.17, 15) is 14.7 Å². The van der Waals surface area contributed by atoms with Gasteiger partial charge in [-0.05, 0) is 12.6 Å². The van der Waals surface area contributed by atoms with Crippen molar-refractivity contribution in [2.75, 3.05) is 13.6 Å². The summed E-state index contributed by atoms with van der Waals surface area (Å²) in [5, 5.41) is 13.3. The van der Waals surface area contributed by atoms with E-state index in [4.69, 9.17) is 0 Å². The van der Waals surface area contributed by atoms with Gasteiger partial charge in [0.05, 0.1) is 6.10 Å². The predicted octanol–water partition coefficient (Wildman–Crippen LogP) is 3.40. The molecule has 0 aliphatic heterocycles. The third-order valence-corrected chi connectivity index (χ3v) is 3.69. The summed E-state index contributed by atoms with van der Waals surface area (Å²) in [5.41, 5.74) is 0.0177. The number of carbonyl (C=O) groups is 2. The van der Waals surface area contributed by atoms with Crippen LogP contribution < -0.4 is 5.32 Å². The van der Waals surface area contributed by atoms with E-state index in [-0.39, 0.29) is 11.6 Å². The molecule has 0 aliphatic rings. The molecule has 0 fully saturated rings. The molecular weight excluding hydrogens is 290 g/mol. The van der Waals surface area contributed by atoms with Crippen LogP contribution in [0.2, 0.25) is 0 Å². The van der Waals surface area contributed by atoms with Gasteiger partial charge in [0.2, 0.25) is 0 Å². The van der Waals surface area contributed by atoms with Gasteiger partial charge >= 0.3 is 0 Å². The molecular formula is C19H29NO3. The molecule has 2 N–H and O–H groups in total. The topological polar surface area (TPSA) is 66.4 Å². The number of hydrogen-bond donors (Lipinski definition) is 2. The molecule has 0 saturated heterocycles. The summed E-state index contributed by atoms with van der Waals surface area (Å²) in [7, 11) is 1.73. The van der Waals surface area contributed by atoms with Crippen molar-refractivity contribution in [2.45, 2.75) is 47.6 Å². The van der Waals surface area contributed by atoms with E-state index in [1.165, 1.54) is 0 Å². The van der Waals surface area contributed by atoms with Crippen LogP contribution >= 0.6 is 0 Å². The van der Waals surface area contributed by atoms with Gasteiger partial charge in [0, 0.05) is 28.5 Å². The van der Waals surface area contributed by atoms with Crippen LogP contribution in [0.4, 0.5) is 0 Å². The summed E-state index contributed by atoms with van der Waals surface area (Å²) < 4.78 is 0.